The summed E-state index contributed by atoms with van der Waals surface area (Å²) in [4.78, 5) is 61.6. The van der Waals surface area contributed by atoms with Crippen molar-refractivity contribution in [3.05, 3.63) is 362 Å². The van der Waals surface area contributed by atoms with Crippen LogP contribution in [0.4, 0.5) is 13.2 Å². The number of rotatable bonds is 15. The molecule has 15 nitrogen and oxygen atoms in total. The molecule has 0 saturated carbocycles. The maximum Gasteiger partial charge on any atom is 0.417 e. The molecule has 20 rings (SSSR count). The Balaban J connectivity index is 0.873. The minimum absolute atomic E-state index is 0.0687. The van der Waals surface area contributed by atoms with Gasteiger partial charge in [0.15, 0.2) is 69.9 Å². The topological polar surface area (TPSA) is 188 Å². The van der Waals surface area contributed by atoms with E-state index in [0.717, 1.165) is 50.6 Å². The van der Waals surface area contributed by atoms with Crippen LogP contribution in [0.3, 0.4) is 0 Å². The summed E-state index contributed by atoms with van der Waals surface area (Å²) in [5.41, 5.74) is 11.5. The van der Waals surface area contributed by atoms with Crippen molar-refractivity contribution in [2.75, 3.05) is 0 Å². The van der Waals surface area contributed by atoms with Crippen LogP contribution in [0.5, 0.6) is 0 Å². The molecule has 0 amide bonds. The molecule has 0 atom stereocenters. The third-order valence-electron chi connectivity index (χ3n) is 20.9. The van der Waals surface area contributed by atoms with Gasteiger partial charge in [0.1, 0.15) is 11.6 Å². The van der Waals surface area contributed by atoms with Gasteiger partial charge in [-0.2, -0.15) is 18.4 Å². The number of alkyl halides is 3. The number of nitrogens with zero attached hydrogens (tertiary/aromatic N) is 15. The highest BCUT2D eigenvalue weighted by Crippen LogP contribution is 2.47. The van der Waals surface area contributed by atoms with Crippen molar-refractivity contribution in [3.8, 4) is 165 Å². The highest BCUT2D eigenvalue weighted by atomic mass is 19.4. The summed E-state index contributed by atoms with van der Waals surface area (Å²) in [5.74, 6) is 5.17. The number of halogens is 3. The highest BCUT2D eigenvalue weighted by Gasteiger charge is 2.36. The van der Waals surface area contributed by atoms with Crippen LogP contribution in [0, 0.1) is 18.3 Å². The standard InChI is InChI=1S/C99H60F3N15/c1-60-27-26-44-79(99(100,101)102)86(60)73-57-84(116-80-49-45-69(95-108-87(61-28-10-2-11-29-61)104-88(109-95)62-30-12-3-13-31-62)53-74(80)75-54-70(46-50-81(75)116)96-110-89(63-32-14-4-15-33-63)105-90(111-96)64-34-16-5-17-35-64)78(59-103)85(58-73)117-82-51-47-71(97-112-91(65-36-18-6-19-37-65)106-92(113-97)66-38-20-7-21-39-66)55-76(82)77-56-72(48-52-83(77)117)98-114-93(67-40-22-8-23-41-67)107-94(115-98)68-42-24-9-25-43-68/h2-58H,1H3. The molecule has 0 bridgehead atoms. The minimum atomic E-state index is -4.83. The first-order valence-electron chi connectivity index (χ1n) is 37.9. The first kappa shape index (κ1) is 70.1. The molecule has 552 valence electrons. The lowest BCUT2D eigenvalue weighted by Crippen LogP contribution is -2.10. The van der Waals surface area contributed by atoms with Gasteiger partial charge in [-0.1, -0.05) is 255 Å². The van der Waals surface area contributed by atoms with Gasteiger partial charge in [0, 0.05) is 88.3 Å². The van der Waals surface area contributed by atoms with Gasteiger partial charge in [-0.05, 0) is 115 Å². The predicted octanol–water partition coefficient (Wildman–Crippen LogP) is 23.5. The molecule has 0 saturated heterocycles. The molecule has 0 aliphatic heterocycles. The Kier molecular flexibility index (Phi) is 17.5. The second-order valence-corrected chi connectivity index (χ2v) is 28.2. The molecule has 6 heterocycles. The first-order valence-corrected chi connectivity index (χ1v) is 37.9. The Labute approximate surface area is 667 Å². The number of benzene rings is 14. The molecule has 117 heavy (non-hydrogen) atoms. The second-order valence-electron chi connectivity index (χ2n) is 28.2. The predicted molar refractivity (Wildman–Crippen MR) is 454 cm³/mol. The van der Waals surface area contributed by atoms with Crippen molar-refractivity contribution in [2.45, 2.75) is 13.1 Å². The normalized spacial score (nSPS) is 11.6. The number of aryl methyl sites for hydroxylation is 1. The Hall–Kier alpha value is -16.0. The Morgan fingerprint density at radius 3 is 0.658 bits per heavy atom. The maximum atomic E-state index is 16.2. The van der Waals surface area contributed by atoms with E-state index in [1.807, 2.05) is 325 Å². The van der Waals surface area contributed by atoms with Gasteiger partial charge >= 0.3 is 6.18 Å². The fourth-order valence-electron chi connectivity index (χ4n) is 15.4. The minimum Gasteiger partial charge on any atom is -0.308 e. The van der Waals surface area contributed by atoms with Gasteiger partial charge in [0.2, 0.25) is 0 Å². The van der Waals surface area contributed by atoms with Gasteiger partial charge in [0.25, 0.3) is 0 Å². The van der Waals surface area contributed by atoms with Gasteiger partial charge in [0.05, 0.1) is 39.0 Å². The van der Waals surface area contributed by atoms with Crippen LogP contribution in [0.25, 0.3) is 203 Å². The lowest BCUT2D eigenvalue weighted by Gasteiger charge is -2.21. The van der Waals surface area contributed by atoms with E-state index in [1.54, 1.807) is 25.1 Å². The van der Waals surface area contributed by atoms with Crippen molar-refractivity contribution in [1.82, 2.24) is 68.9 Å². The van der Waals surface area contributed by atoms with Crippen LogP contribution in [-0.4, -0.2) is 68.9 Å². The zero-order valence-corrected chi connectivity index (χ0v) is 62.3. The quantitative estimate of drug-likeness (QED) is 0.0944. The van der Waals surface area contributed by atoms with E-state index in [1.165, 1.54) is 6.07 Å². The molecule has 20 aromatic rings. The van der Waals surface area contributed by atoms with Gasteiger partial charge in [-0.25, -0.2) is 59.8 Å². The monoisotopic (exact) mass is 1520 g/mol. The average Bonchev–Trinajstić information content (AvgIpc) is 1.58. The largest absolute Gasteiger partial charge is 0.417 e. The van der Waals surface area contributed by atoms with Crippen molar-refractivity contribution in [3.63, 3.8) is 0 Å². The molecular weight excluding hydrogens is 1460 g/mol. The fraction of sp³-hybridized carbons (Fsp3) is 0.0202. The second kappa shape index (κ2) is 29.3. The smallest absolute Gasteiger partial charge is 0.308 e. The molecule has 0 radical (unpaired) electrons. The molecule has 0 aliphatic carbocycles. The van der Waals surface area contributed by atoms with E-state index in [9.17, 15) is 5.26 Å². The van der Waals surface area contributed by atoms with Crippen LogP contribution >= 0.6 is 0 Å². The highest BCUT2D eigenvalue weighted by molar-refractivity contribution is 6.14. The summed E-state index contributed by atoms with van der Waals surface area (Å²) >= 11 is 0. The van der Waals surface area contributed by atoms with Gasteiger partial charge in [-0.15, -0.1) is 0 Å². The summed E-state index contributed by atoms with van der Waals surface area (Å²) in [7, 11) is 0. The van der Waals surface area contributed by atoms with Gasteiger partial charge < -0.3 is 9.13 Å². The molecule has 6 aromatic heterocycles. The SMILES string of the molecule is Cc1cccc(C(F)(F)F)c1-c1cc(-n2c3ccc(-c4nc(-c5ccccc5)nc(-c5ccccc5)n4)cc3c3cc(-c4nc(-c5ccccc5)nc(-c5ccccc5)n4)ccc32)c(C#N)c(-n2c3ccc(-c4nc(-c5ccccc5)nc(-c5ccccc5)n4)cc3c3cc(-c4nc(-c5ccccc5)nc(-c5ccccc5)n4)ccc32)c1. The number of hydrogen-bond donors (Lipinski definition) is 0. The van der Waals surface area contributed by atoms with Crippen LogP contribution in [0.1, 0.15) is 16.7 Å². The zero-order valence-electron chi connectivity index (χ0n) is 62.3. The van der Waals surface area contributed by atoms with Gasteiger partial charge in [-0.3, -0.25) is 0 Å². The van der Waals surface area contributed by atoms with Crippen LogP contribution in [0.2, 0.25) is 0 Å². The molecule has 0 fully saturated rings. The fourth-order valence-corrected chi connectivity index (χ4v) is 15.4. The Morgan fingerprint density at radius 2 is 0.453 bits per heavy atom. The lowest BCUT2D eigenvalue weighted by atomic mass is 9.92. The molecule has 14 aromatic carbocycles. The zero-order chi connectivity index (χ0) is 78.7. The average molecular weight is 1520 g/mol. The number of hydrogen-bond acceptors (Lipinski definition) is 13. The van der Waals surface area contributed by atoms with Crippen molar-refractivity contribution in [1.29, 1.82) is 5.26 Å². The van der Waals surface area contributed by atoms with Crippen LogP contribution in [-0.2, 0) is 6.18 Å². The van der Waals surface area contributed by atoms with E-state index >= 15 is 13.2 Å². The number of nitriles is 1. The van der Waals surface area contributed by atoms with Crippen molar-refractivity contribution >= 4 is 43.6 Å². The van der Waals surface area contributed by atoms with Crippen LogP contribution < -0.4 is 0 Å². The van der Waals surface area contributed by atoms with E-state index in [0.29, 0.717) is 141 Å². The molecule has 0 spiro atoms. The van der Waals surface area contributed by atoms with E-state index in [4.69, 9.17) is 59.8 Å². The summed E-state index contributed by atoms with van der Waals surface area (Å²) < 4.78 is 52.6. The summed E-state index contributed by atoms with van der Waals surface area (Å²) in [6.07, 6.45) is -4.83. The summed E-state index contributed by atoms with van der Waals surface area (Å²) in [6, 6.07) is 112. The van der Waals surface area contributed by atoms with Crippen LogP contribution in [0.15, 0.2) is 346 Å². The summed E-state index contributed by atoms with van der Waals surface area (Å²) in [6.45, 7) is 1.68. The molecule has 0 aliphatic rings. The number of aromatic nitrogens is 14. The third-order valence-corrected chi connectivity index (χ3v) is 20.9. The Bertz CT molecular complexity index is 6300. The Morgan fingerprint density at radius 1 is 0.239 bits per heavy atom. The van der Waals surface area contributed by atoms with E-state index < -0.39 is 11.7 Å². The lowest BCUT2D eigenvalue weighted by molar-refractivity contribution is -0.137. The molecule has 0 unspecified atom stereocenters. The van der Waals surface area contributed by atoms with Crippen molar-refractivity contribution < 1.29 is 13.2 Å². The molecular formula is C99H60F3N15. The number of fused-ring (bicyclic) bond motifs is 6. The van der Waals surface area contributed by atoms with E-state index in [2.05, 4.69) is 6.07 Å². The van der Waals surface area contributed by atoms with Crippen molar-refractivity contribution in [2.24, 2.45) is 0 Å². The maximum absolute atomic E-state index is 16.2. The summed E-state index contributed by atoms with van der Waals surface area (Å²) in [5, 5.41) is 15.3. The molecule has 0 N–H and O–H groups in total. The molecule has 18 heteroatoms. The first-order chi connectivity index (χ1) is 57.5. The third kappa shape index (κ3) is 13.2. The van der Waals surface area contributed by atoms with E-state index in [-0.39, 0.29) is 28.1 Å².